The fraction of sp³-hybridized carbons (Fsp3) is 0.286. The van der Waals surface area contributed by atoms with Crippen molar-refractivity contribution in [2.45, 2.75) is 27.2 Å². The molecule has 4 rings (SSSR count). The second-order valence-corrected chi connectivity index (χ2v) is 7.69. The Kier molecular flexibility index (Phi) is 4.32. The molecule has 0 fully saturated rings. The molecule has 0 atom stereocenters. The number of rotatable bonds is 2. The van der Waals surface area contributed by atoms with Crippen molar-refractivity contribution in [2.75, 3.05) is 13.1 Å². The number of carbonyl (C=O) groups is 1. The van der Waals surface area contributed by atoms with E-state index in [1.807, 2.05) is 31.7 Å². The molecule has 0 saturated carbocycles. The van der Waals surface area contributed by atoms with E-state index >= 15 is 0 Å². The Labute approximate surface area is 157 Å². The van der Waals surface area contributed by atoms with Gasteiger partial charge in [0.1, 0.15) is 10.7 Å². The zero-order valence-corrected chi connectivity index (χ0v) is 16.1. The molecular weight excluding hydrogens is 342 g/mol. The standard InChI is InChI=1S/C21H21N3OS/c1-13-18-14(2)22-15(3)23-20(18)26-19(13)21(25)24-11-9-17(10-12-24)16-7-5-4-6-8-16/h4-9H,10-12H2,1-3H3. The number of hydrogen-bond donors (Lipinski definition) is 0. The molecule has 1 aliphatic rings. The van der Waals surface area contributed by atoms with Crippen molar-refractivity contribution >= 4 is 33.0 Å². The Morgan fingerprint density at radius 2 is 1.88 bits per heavy atom. The van der Waals surface area contributed by atoms with E-state index in [1.54, 1.807) is 0 Å². The highest BCUT2D eigenvalue weighted by molar-refractivity contribution is 7.20. The summed E-state index contributed by atoms with van der Waals surface area (Å²) < 4.78 is 0. The highest BCUT2D eigenvalue weighted by Crippen LogP contribution is 2.33. The maximum Gasteiger partial charge on any atom is 0.264 e. The van der Waals surface area contributed by atoms with Gasteiger partial charge in [-0.1, -0.05) is 36.4 Å². The summed E-state index contributed by atoms with van der Waals surface area (Å²) in [5.74, 6) is 0.856. The van der Waals surface area contributed by atoms with Crippen molar-refractivity contribution in [3.63, 3.8) is 0 Å². The molecular formula is C21H21N3OS. The Bertz CT molecular complexity index is 1020. The number of aryl methyl sites for hydroxylation is 3. The van der Waals surface area contributed by atoms with Crippen molar-refractivity contribution < 1.29 is 4.79 Å². The van der Waals surface area contributed by atoms with Crippen molar-refractivity contribution in [3.8, 4) is 0 Å². The molecule has 2 aromatic heterocycles. The van der Waals surface area contributed by atoms with Crippen molar-refractivity contribution in [2.24, 2.45) is 0 Å². The van der Waals surface area contributed by atoms with Gasteiger partial charge in [-0.15, -0.1) is 11.3 Å². The van der Waals surface area contributed by atoms with Crippen molar-refractivity contribution in [1.29, 1.82) is 0 Å². The van der Waals surface area contributed by atoms with Gasteiger partial charge in [0.05, 0.1) is 4.88 Å². The zero-order chi connectivity index (χ0) is 18.3. The van der Waals surface area contributed by atoms with E-state index in [2.05, 4.69) is 40.3 Å². The Morgan fingerprint density at radius 1 is 1.12 bits per heavy atom. The minimum atomic E-state index is 0.103. The average Bonchev–Trinajstić information content (AvgIpc) is 2.98. The first-order valence-corrected chi connectivity index (χ1v) is 9.64. The number of aromatic nitrogens is 2. The molecule has 0 aliphatic carbocycles. The maximum absolute atomic E-state index is 13.1. The van der Waals surface area contributed by atoms with Crippen LogP contribution in [0.25, 0.3) is 15.8 Å². The summed E-state index contributed by atoms with van der Waals surface area (Å²) in [5.41, 5.74) is 4.52. The molecule has 5 heteroatoms. The van der Waals surface area contributed by atoms with Crippen LogP contribution in [0.5, 0.6) is 0 Å². The Hall–Kier alpha value is -2.53. The predicted octanol–water partition coefficient (Wildman–Crippen LogP) is 4.55. The molecule has 3 heterocycles. The van der Waals surface area contributed by atoms with Crippen LogP contribution in [-0.4, -0.2) is 33.9 Å². The normalized spacial score (nSPS) is 14.6. The molecule has 0 N–H and O–H groups in total. The molecule has 4 nitrogen and oxygen atoms in total. The molecule has 0 spiro atoms. The van der Waals surface area contributed by atoms with Gasteiger partial charge >= 0.3 is 0 Å². The lowest BCUT2D eigenvalue weighted by Gasteiger charge is -2.26. The van der Waals surface area contributed by atoms with E-state index in [0.717, 1.165) is 45.1 Å². The first-order valence-electron chi connectivity index (χ1n) is 8.82. The lowest BCUT2D eigenvalue weighted by Crippen LogP contribution is -2.34. The lowest BCUT2D eigenvalue weighted by molar-refractivity contribution is 0.0777. The summed E-state index contributed by atoms with van der Waals surface area (Å²) in [7, 11) is 0. The monoisotopic (exact) mass is 363 g/mol. The third-order valence-corrected chi connectivity index (χ3v) is 6.09. The molecule has 0 radical (unpaired) electrons. The van der Waals surface area contributed by atoms with E-state index in [9.17, 15) is 4.79 Å². The summed E-state index contributed by atoms with van der Waals surface area (Å²) in [5, 5.41) is 1.03. The van der Waals surface area contributed by atoms with Gasteiger partial charge in [-0.2, -0.15) is 0 Å². The quantitative estimate of drug-likeness (QED) is 0.671. The number of fused-ring (bicyclic) bond motifs is 1. The van der Waals surface area contributed by atoms with Gasteiger partial charge in [0.2, 0.25) is 0 Å². The van der Waals surface area contributed by atoms with Gasteiger partial charge in [0, 0.05) is 24.2 Å². The minimum absolute atomic E-state index is 0.103. The number of benzene rings is 1. The lowest BCUT2D eigenvalue weighted by atomic mass is 9.99. The maximum atomic E-state index is 13.1. The Balaban J connectivity index is 1.61. The molecule has 0 saturated heterocycles. The number of amides is 1. The highest BCUT2D eigenvalue weighted by Gasteiger charge is 2.24. The average molecular weight is 363 g/mol. The second kappa shape index (κ2) is 6.65. The molecule has 1 aromatic carbocycles. The van der Waals surface area contributed by atoms with E-state index in [4.69, 9.17) is 0 Å². The SMILES string of the molecule is Cc1nc(C)c2c(C)c(C(=O)N3CC=C(c4ccccc4)CC3)sc2n1. The minimum Gasteiger partial charge on any atom is -0.334 e. The molecule has 3 aromatic rings. The Morgan fingerprint density at radius 3 is 2.58 bits per heavy atom. The smallest absolute Gasteiger partial charge is 0.264 e. The van der Waals surface area contributed by atoms with E-state index in [0.29, 0.717) is 6.54 Å². The first kappa shape index (κ1) is 16.9. The van der Waals surface area contributed by atoms with Gasteiger partial charge in [0.25, 0.3) is 5.91 Å². The highest BCUT2D eigenvalue weighted by atomic mass is 32.1. The van der Waals surface area contributed by atoms with Crippen LogP contribution < -0.4 is 0 Å². The number of carbonyl (C=O) groups excluding carboxylic acids is 1. The topological polar surface area (TPSA) is 46.1 Å². The molecule has 1 aliphatic heterocycles. The van der Waals surface area contributed by atoms with Crippen LogP contribution in [-0.2, 0) is 0 Å². The third kappa shape index (κ3) is 2.92. The van der Waals surface area contributed by atoms with E-state index in [-0.39, 0.29) is 5.91 Å². The molecule has 0 unspecified atom stereocenters. The molecule has 26 heavy (non-hydrogen) atoms. The van der Waals surface area contributed by atoms with E-state index in [1.165, 1.54) is 22.5 Å². The molecule has 132 valence electrons. The third-order valence-electron chi connectivity index (χ3n) is 4.92. The number of nitrogens with zero attached hydrogens (tertiary/aromatic N) is 3. The van der Waals surface area contributed by atoms with Gasteiger partial charge in [-0.3, -0.25) is 4.79 Å². The summed E-state index contributed by atoms with van der Waals surface area (Å²) in [4.78, 5) is 25.7. The van der Waals surface area contributed by atoms with Crippen LogP contribution in [0.4, 0.5) is 0 Å². The van der Waals surface area contributed by atoms with Crippen LogP contribution in [0.1, 0.15) is 38.7 Å². The summed E-state index contributed by atoms with van der Waals surface area (Å²) >= 11 is 1.49. The summed E-state index contributed by atoms with van der Waals surface area (Å²) in [6.45, 7) is 7.29. The van der Waals surface area contributed by atoms with Crippen LogP contribution in [0.15, 0.2) is 36.4 Å². The van der Waals surface area contributed by atoms with Crippen molar-refractivity contribution in [1.82, 2.24) is 14.9 Å². The first-order chi connectivity index (χ1) is 12.5. The largest absolute Gasteiger partial charge is 0.334 e. The second-order valence-electron chi connectivity index (χ2n) is 6.69. The van der Waals surface area contributed by atoms with Gasteiger partial charge < -0.3 is 4.90 Å². The number of thiophene rings is 1. The van der Waals surface area contributed by atoms with Gasteiger partial charge in [-0.25, -0.2) is 9.97 Å². The summed E-state index contributed by atoms with van der Waals surface area (Å²) in [6.07, 6.45) is 3.06. The number of hydrogen-bond acceptors (Lipinski definition) is 4. The zero-order valence-electron chi connectivity index (χ0n) is 15.2. The molecule has 1 amide bonds. The predicted molar refractivity (Wildman–Crippen MR) is 107 cm³/mol. The molecule has 0 bridgehead atoms. The van der Waals surface area contributed by atoms with Crippen LogP contribution >= 0.6 is 11.3 Å². The van der Waals surface area contributed by atoms with Crippen LogP contribution in [0, 0.1) is 20.8 Å². The van der Waals surface area contributed by atoms with Crippen LogP contribution in [0.2, 0.25) is 0 Å². The summed E-state index contributed by atoms with van der Waals surface area (Å²) in [6, 6.07) is 10.4. The fourth-order valence-electron chi connectivity index (χ4n) is 3.59. The fourth-order valence-corrected chi connectivity index (χ4v) is 4.83. The van der Waals surface area contributed by atoms with Gasteiger partial charge in [0.15, 0.2) is 0 Å². The van der Waals surface area contributed by atoms with Crippen LogP contribution in [0.3, 0.4) is 0 Å². The van der Waals surface area contributed by atoms with Gasteiger partial charge in [-0.05, 0) is 43.9 Å². The van der Waals surface area contributed by atoms with E-state index < -0.39 is 0 Å². The van der Waals surface area contributed by atoms with Crippen molar-refractivity contribution in [3.05, 3.63) is 63.9 Å².